The van der Waals surface area contributed by atoms with Crippen molar-refractivity contribution >= 4 is 118 Å². The Morgan fingerprint density at radius 3 is 1.29 bits per heavy atom. The third-order valence-electron chi connectivity index (χ3n) is 12.3. The molecule has 0 atom stereocenters. The Kier molecular flexibility index (Phi) is 6.11. The second-order valence-corrected chi connectivity index (χ2v) is 16.2. The highest BCUT2D eigenvalue weighted by Crippen LogP contribution is 2.45. The number of rotatable bonds is 2. The van der Waals surface area contributed by atoms with E-state index in [4.69, 9.17) is 0 Å². The van der Waals surface area contributed by atoms with Gasteiger partial charge in [-0.2, -0.15) is 0 Å². The number of aromatic nitrogens is 1. The van der Waals surface area contributed by atoms with Gasteiger partial charge in [-0.15, -0.1) is 11.3 Å². The number of thiophene rings is 1. The van der Waals surface area contributed by atoms with Gasteiger partial charge in [0.15, 0.2) is 0 Å². The standard InChI is InChI=1S/C54H31NS/c1-3-14-37-35(12-1)36-13-2-4-15-38(36)47-31-49-41-26-24-32(28-45(41)39-16-5-6-17-40(39)48(49)30-46(37)47)34-20-11-21-44-50-29-33(25-27-53(50)56-54(34)44)55-51-22-9-7-18-42(51)43-19-8-10-23-52(43)55/h1-31H. The molecular formula is C54H31NS. The summed E-state index contributed by atoms with van der Waals surface area (Å²) in [5.41, 5.74) is 6.19. The average Bonchev–Trinajstić information content (AvgIpc) is 3.81. The largest absolute Gasteiger partial charge is 0.309 e. The van der Waals surface area contributed by atoms with Gasteiger partial charge in [-0.1, -0.05) is 140 Å². The molecular weight excluding hydrogens is 695 g/mol. The lowest BCUT2D eigenvalue weighted by molar-refractivity contribution is 1.19. The monoisotopic (exact) mass is 725 g/mol. The molecule has 0 N–H and O–H groups in total. The fraction of sp³-hybridized carbons (Fsp3) is 0. The Morgan fingerprint density at radius 2 is 0.732 bits per heavy atom. The zero-order valence-electron chi connectivity index (χ0n) is 30.3. The lowest BCUT2D eigenvalue weighted by Gasteiger charge is -2.16. The average molecular weight is 726 g/mol. The van der Waals surface area contributed by atoms with Crippen LogP contribution in [0.4, 0.5) is 0 Å². The van der Waals surface area contributed by atoms with Gasteiger partial charge in [-0.05, 0) is 124 Å². The van der Waals surface area contributed by atoms with Gasteiger partial charge in [0, 0.05) is 36.6 Å². The maximum absolute atomic E-state index is 2.47. The van der Waals surface area contributed by atoms with Crippen molar-refractivity contribution in [3.63, 3.8) is 0 Å². The molecule has 13 aromatic rings. The van der Waals surface area contributed by atoms with Gasteiger partial charge in [0.1, 0.15) is 0 Å². The van der Waals surface area contributed by atoms with Crippen molar-refractivity contribution in [2.24, 2.45) is 0 Å². The van der Waals surface area contributed by atoms with Gasteiger partial charge in [0.05, 0.1) is 11.0 Å². The number of benzene rings is 11. The molecule has 11 aromatic carbocycles. The quantitative estimate of drug-likeness (QED) is 0.124. The number of nitrogens with zero attached hydrogens (tertiary/aromatic N) is 1. The third-order valence-corrected chi connectivity index (χ3v) is 13.5. The molecule has 0 unspecified atom stereocenters. The summed E-state index contributed by atoms with van der Waals surface area (Å²) in [5, 5.41) is 20.8. The minimum absolute atomic E-state index is 1.19. The Hall–Kier alpha value is -7.00. The summed E-state index contributed by atoms with van der Waals surface area (Å²) in [4.78, 5) is 0. The highest BCUT2D eigenvalue weighted by atomic mass is 32.1. The van der Waals surface area contributed by atoms with Gasteiger partial charge >= 0.3 is 0 Å². The van der Waals surface area contributed by atoms with Crippen LogP contribution >= 0.6 is 11.3 Å². The molecule has 2 heterocycles. The second-order valence-electron chi connectivity index (χ2n) is 15.2. The number of hydrogen-bond donors (Lipinski definition) is 0. The van der Waals surface area contributed by atoms with Crippen LogP contribution in [-0.2, 0) is 0 Å². The van der Waals surface area contributed by atoms with Crippen LogP contribution in [-0.4, -0.2) is 4.57 Å². The van der Waals surface area contributed by atoms with Gasteiger partial charge in [-0.25, -0.2) is 0 Å². The van der Waals surface area contributed by atoms with E-state index in [9.17, 15) is 0 Å². The highest BCUT2D eigenvalue weighted by Gasteiger charge is 2.18. The number of fused-ring (bicyclic) bond motifs is 18. The van der Waals surface area contributed by atoms with Gasteiger partial charge in [0.2, 0.25) is 0 Å². The van der Waals surface area contributed by atoms with Crippen molar-refractivity contribution in [2.45, 2.75) is 0 Å². The minimum atomic E-state index is 1.19. The van der Waals surface area contributed by atoms with Crippen molar-refractivity contribution in [3.05, 3.63) is 188 Å². The van der Waals surface area contributed by atoms with E-state index in [1.54, 1.807) is 0 Å². The highest BCUT2D eigenvalue weighted by molar-refractivity contribution is 7.26. The lowest BCUT2D eigenvalue weighted by atomic mass is 9.88. The molecule has 0 aliphatic heterocycles. The molecule has 0 saturated heterocycles. The van der Waals surface area contributed by atoms with Crippen molar-refractivity contribution in [1.82, 2.24) is 4.57 Å². The van der Waals surface area contributed by atoms with E-state index in [1.807, 2.05) is 11.3 Å². The molecule has 0 aliphatic carbocycles. The van der Waals surface area contributed by atoms with Crippen LogP contribution in [0.15, 0.2) is 188 Å². The first-order valence-corrected chi connectivity index (χ1v) is 20.2. The topological polar surface area (TPSA) is 4.93 Å². The van der Waals surface area contributed by atoms with Gasteiger partial charge in [0.25, 0.3) is 0 Å². The summed E-state index contributed by atoms with van der Waals surface area (Å²) >= 11 is 1.90. The zero-order valence-corrected chi connectivity index (χ0v) is 31.1. The van der Waals surface area contributed by atoms with Crippen LogP contribution in [0.5, 0.6) is 0 Å². The Labute approximate surface area is 325 Å². The SMILES string of the molecule is c1cc(-c2ccc3c(c2)c2ccccc2c2cc4c5ccccc5c5ccccc5c4cc32)c2sc3ccc(-n4c5ccccc5c5ccccc54)cc3c2c1. The maximum Gasteiger partial charge on any atom is 0.0541 e. The van der Waals surface area contributed by atoms with Gasteiger partial charge < -0.3 is 4.57 Å². The predicted octanol–water partition coefficient (Wildman–Crippen LogP) is 15.7. The molecule has 0 saturated carbocycles. The Morgan fingerprint density at radius 1 is 0.286 bits per heavy atom. The van der Waals surface area contributed by atoms with Crippen molar-refractivity contribution in [1.29, 1.82) is 0 Å². The molecule has 13 rings (SSSR count). The van der Waals surface area contributed by atoms with Crippen molar-refractivity contribution in [3.8, 4) is 16.8 Å². The van der Waals surface area contributed by atoms with E-state index in [2.05, 4.69) is 193 Å². The molecule has 0 aliphatic rings. The maximum atomic E-state index is 2.47. The molecule has 0 spiro atoms. The first-order valence-electron chi connectivity index (χ1n) is 19.3. The minimum Gasteiger partial charge on any atom is -0.309 e. The molecule has 0 fully saturated rings. The molecule has 2 aromatic heterocycles. The van der Waals surface area contributed by atoms with Crippen molar-refractivity contribution in [2.75, 3.05) is 0 Å². The molecule has 2 heteroatoms. The third kappa shape index (κ3) is 4.09. The smallest absolute Gasteiger partial charge is 0.0541 e. The predicted molar refractivity (Wildman–Crippen MR) is 244 cm³/mol. The van der Waals surface area contributed by atoms with E-state index in [1.165, 1.54) is 123 Å². The van der Waals surface area contributed by atoms with E-state index >= 15 is 0 Å². The summed E-state index contributed by atoms with van der Waals surface area (Å²) in [7, 11) is 0. The van der Waals surface area contributed by atoms with Crippen LogP contribution < -0.4 is 0 Å². The van der Waals surface area contributed by atoms with E-state index in [-0.39, 0.29) is 0 Å². The Bertz CT molecular complexity index is 3770. The van der Waals surface area contributed by atoms with E-state index in [0.29, 0.717) is 0 Å². The molecule has 0 bridgehead atoms. The summed E-state index contributed by atoms with van der Waals surface area (Å²) in [6, 6.07) is 70.2. The molecule has 56 heavy (non-hydrogen) atoms. The fourth-order valence-corrected chi connectivity index (χ4v) is 11.1. The summed E-state index contributed by atoms with van der Waals surface area (Å²) in [6.45, 7) is 0. The zero-order chi connectivity index (χ0) is 36.5. The van der Waals surface area contributed by atoms with Crippen LogP contribution in [0.25, 0.3) is 123 Å². The molecule has 1 nitrogen and oxygen atoms in total. The number of para-hydroxylation sites is 2. The second kappa shape index (κ2) is 11.3. The first-order chi connectivity index (χ1) is 27.8. The normalized spacial score (nSPS) is 12.3. The molecule has 0 amide bonds. The van der Waals surface area contributed by atoms with Crippen LogP contribution in [0.2, 0.25) is 0 Å². The Balaban J connectivity index is 1.04. The van der Waals surface area contributed by atoms with Gasteiger partial charge in [-0.3, -0.25) is 0 Å². The lowest BCUT2D eigenvalue weighted by Crippen LogP contribution is -1.93. The van der Waals surface area contributed by atoms with E-state index < -0.39 is 0 Å². The molecule has 258 valence electrons. The fourth-order valence-electron chi connectivity index (χ4n) is 9.87. The van der Waals surface area contributed by atoms with E-state index in [0.717, 1.165) is 0 Å². The van der Waals surface area contributed by atoms with Crippen LogP contribution in [0.1, 0.15) is 0 Å². The van der Waals surface area contributed by atoms with Crippen LogP contribution in [0, 0.1) is 0 Å². The molecule has 0 radical (unpaired) electrons. The summed E-state index contributed by atoms with van der Waals surface area (Å²) in [5.74, 6) is 0. The van der Waals surface area contributed by atoms with Crippen molar-refractivity contribution < 1.29 is 0 Å². The summed E-state index contributed by atoms with van der Waals surface area (Å²) < 4.78 is 5.06. The summed E-state index contributed by atoms with van der Waals surface area (Å²) in [6.07, 6.45) is 0. The first kappa shape index (κ1) is 30.3. The van der Waals surface area contributed by atoms with Crippen LogP contribution in [0.3, 0.4) is 0 Å². The number of hydrogen-bond acceptors (Lipinski definition) is 1.